The van der Waals surface area contributed by atoms with Gasteiger partial charge in [-0.05, 0) is 55.4 Å². The molecular weight excluding hydrogens is 428 g/mol. The van der Waals surface area contributed by atoms with Crippen molar-refractivity contribution in [2.24, 2.45) is 9.50 Å². The Morgan fingerprint density at radius 1 is 1.32 bits per heavy atom. The normalized spacial score (nSPS) is 22.3. The third kappa shape index (κ3) is 3.30. The lowest BCUT2D eigenvalue weighted by Gasteiger charge is -2.17. The maximum Gasteiger partial charge on any atom is 0.354 e. The number of nitrogens with one attached hydrogen (secondary N) is 1. The molecule has 2 heterocycles. The van der Waals surface area contributed by atoms with Crippen LogP contribution >= 0.6 is 0 Å². The zero-order chi connectivity index (χ0) is 22.1. The van der Waals surface area contributed by atoms with Crippen LogP contribution in [-0.2, 0) is 42.1 Å². The third-order valence-corrected chi connectivity index (χ3v) is 7.34. The fourth-order valence-corrected chi connectivity index (χ4v) is 5.73. The minimum Gasteiger partial charge on any atom is -0.469 e. The molecule has 1 aliphatic heterocycles. The molecule has 11 heteroatoms. The van der Waals surface area contributed by atoms with Gasteiger partial charge in [0, 0.05) is 18.5 Å². The molecule has 166 valence electrons. The highest BCUT2D eigenvalue weighted by Gasteiger charge is 2.36. The average Bonchev–Trinajstić information content (AvgIpc) is 3.40. The summed E-state index contributed by atoms with van der Waals surface area (Å²) < 4.78 is 53.0. The lowest BCUT2D eigenvalue weighted by atomic mass is 9.98. The number of hydrogen-bond donors (Lipinski definition) is 2. The molecule has 8 nitrogen and oxygen atoms in total. The molecule has 0 radical (unpaired) electrons. The van der Waals surface area contributed by atoms with Gasteiger partial charge < -0.3 is 10.1 Å². The van der Waals surface area contributed by atoms with E-state index in [9.17, 15) is 17.8 Å². The predicted octanol–water partition coefficient (Wildman–Crippen LogP) is 3.05. The molecule has 3 aliphatic rings. The molecule has 0 spiro atoms. The summed E-state index contributed by atoms with van der Waals surface area (Å²) in [4.78, 5) is 12.8. The highest BCUT2D eigenvalue weighted by Crippen LogP contribution is 2.42. The van der Waals surface area contributed by atoms with Crippen LogP contribution in [0.1, 0.15) is 42.5 Å². The number of amides is 2. The first-order valence-electron chi connectivity index (χ1n) is 10.2. The van der Waals surface area contributed by atoms with E-state index in [1.165, 1.54) is 10.9 Å². The summed E-state index contributed by atoms with van der Waals surface area (Å²) in [6.45, 7) is 4.14. The van der Waals surface area contributed by atoms with Crippen LogP contribution in [0.25, 0.3) is 0 Å². The van der Waals surface area contributed by atoms with Gasteiger partial charge in [-0.25, -0.2) is 27.6 Å². The van der Waals surface area contributed by atoms with Gasteiger partial charge in [0.1, 0.15) is 22.5 Å². The van der Waals surface area contributed by atoms with E-state index < -0.39 is 27.7 Å². The predicted molar refractivity (Wildman–Crippen MR) is 110 cm³/mol. The molecule has 1 aromatic carbocycles. The van der Waals surface area contributed by atoms with Crippen molar-refractivity contribution in [3.8, 4) is 5.88 Å². The summed E-state index contributed by atoms with van der Waals surface area (Å²) in [6, 6.07) is -0.935. The first-order valence-corrected chi connectivity index (χ1v) is 11.7. The lowest BCUT2D eigenvalue weighted by molar-refractivity contribution is 0.132. The number of halogens is 2. The van der Waals surface area contributed by atoms with Crippen LogP contribution in [-0.4, -0.2) is 31.8 Å². The molecule has 31 heavy (non-hydrogen) atoms. The quantitative estimate of drug-likeness (QED) is 0.731. The van der Waals surface area contributed by atoms with E-state index in [0.29, 0.717) is 47.3 Å². The maximum atomic E-state index is 14.8. The van der Waals surface area contributed by atoms with E-state index in [0.717, 1.165) is 6.42 Å². The molecule has 0 unspecified atom stereocenters. The molecule has 0 saturated carbocycles. The average molecular weight is 451 g/mol. The molecule has 2 aliphatic carbocycles. The van der Waals surface area contributed by atoms with Crippen LogP contribution < -0.4 is 15.2 Å². The fourth-order valence-electron chi connectivity index (χ4n) is 4.74. The zero-order valence-corrected chi connectivity index (χ0v) is 18.0. The number of hydrogen-bond acceptors (Lipinski definition) is 4. The number of nitrogens with two attached hydrogens (primary N) is 1. The van der Waals surface area contributed by atoms with E-state index in [1.807, 2.05) is 13.8 Å². The van der Waals surface area contributed by atoms with E-state index in [-0.39, 0.29) is 29.4 Å². The minimum atomic E-state index is -3.65. The fraction of sp³-hybridized carbons (Fsp3) is 0.500. The van der Waals surface area contributed by atoms with E-state index in [2.05, 4.69) is 14.8 Å². The van der Waals surface area contributed by atoms with Crippen molar-refractivity contribution in [3.05, 3.63) is 34.3 Å². The number of rotatable bonds is 2. The van der Waals surface area contributed by atoms with Gasteiger partial charge in [0.15, 0.2) is 9.92 Å². The van der Waals surface area contributed by atoms with Gasteiger partial charge in [-0.15, -0.1) is 4.36 Å². The van der Waals surface area contributed by atoms with Gasteiger partial charge in [0.2, 0.25) is 5.88 Å². The lowest BCUT2D eigenvalue weighted by Crippen LogP contribution is -2.27. The molecule has 0 saturated heterocycles. The van der Waals surface area contributed by atoms with Gasteiger partial charge in [-0.3, -0.25) is 0 Å². The number of alkyl halides is 1. The first kappa shape index (κ1) is 20.4. The van der Waals surface area contributed by atoms with Gasteiger partial charge in [-0.2, -0.15) is 5.10 Å². The SMILES string of the molecule is CC1(C)Cn2ncc([S@@](N)(=O)=NC(=O)Nc3c4c(c(F)c5c3C[C@H](F)C5)CCC4)c2O1. The minimum absolute atomic E-state index is 0.0161. The molecule has 0 fully saturated rings. The smallest absolute Gasteiger partial charge is 0.354 e. The number of carbonyl (C=O) groups excluding carboxylic acids is 1. The largest absolute Gasteiger partial charge is 0.469 e. The molecule has 2 aromatic rings. The van der Waals surface area contributed by atoms with Crippen molar-refractivity contribution in [1.82, 2.24) is 9.78 Å². The van der Waals surface area contributed by atoms with E-state index >= 15 is 0 Å². The van der Waals surface area contributed by atoms with Crippen LogP contribution in [0.4, 0.5) is 19.3 Å². The molecule has 2 amide bonds. The summed E-state index contributed by atoms with van der Waals surface area (Å²) >= 11 is 0. The second kappa shape index (κ2) is 6.73. The van der Waals surface area contributed by atoms with Crippen LogP contribution in [0.15, 0.2) is 15.5 Å². The second-order valence-corrected chi connectivity index (χ2v) is 10.6. The van der Waals surface area contributed by atoms with Crippen molar-refractivity contribution >= 4 is 21.6 Å². The van der Waals surface area contributed by atoms with Crippen LogP contribution in [0.5, 0.6) is 5.88 Å². The number of fused-ring (bicyclic) bond motifs is 3. The third-order valence-electron chi connectivity index (χ3n) is 6.00. The Bertz CT molecular complexity index is 1250. The van der Waals surface area contributed by atoms with Gasteiger partial charge in [0.25, 0.3) is 0 Å². The number of anilines is 1. The summed E-state index contributed by atoms with van der Waals surface area (Å²) in [5, 5.41) is 12.7. The van der Waals surface area contributed by atoms with E-state index in [4.69, 9.17) is 9.88 Å². The zero-order valence-electron chi connectivity index (χ0n) is 17.2. The Kier molecular flexibility index (Phi) is 4.43. The molecule has 1 aromatic heterocycles. The van der Waals surface area contributed by atoms with Crippen molar-refractivity contribution in [2.75, 3.05) is 5.32 Å². The summed E-state index contributed by atoms with van der Waals surface area (Å²) in [7, 11) is -3.65. The Morgan fingerprint density at radius 3 is 2.81 bits per heavy atom. The molecule has 3 N–H and O–H groups in total. The van der Waals surface area contributed by atoms with E-state index in [1.54, 1.807) is 0 Å². The van der Waals surface area contributed by atoms with Crippen molar-refractivity contribution in [1.29, 1.82) is 0 Å². The molecular formula is C20H23F2N5O3S. The molecule has 2 atom stereocenters. The number of benzene rings is 1. The summed E-state index contributed by atoms with van der Waals surface area (Å²) in [5.74, 6) is -0.145. The highest BCUT2D eigenvalue weighted by atomic mass is 32.2. The van der Waals surface area contributed by atoms with Crippen LogP contribution in [0.3, 0.4) is 0 Å². The highest BCUT2D eigenvalue weighted by molar-refractivity contribution is 7.91. The Labute approximate surface area is 178 Å². The number of urea groups is 1. The standard InChI is InChI=1S/C20H23F2N5O3S/c1-20(2)9-27-18(30-20)15(8-24-27)31(23,29)26-19(28)25-17-12-5-3-4-11(12)16(22)13-6-10(21)7-14(13)17/h8,10H,3-7,9H2,1-2H3,(H3,23,25,26,28,29)/t10-,31+/m1/s1. The first-order chi connectivity index (χ1) is 14.6. The Morgan fingerprint density at radius 2 is 2.03 bits per heavy atom. The number of ether oxygens (including phenoxy) is 1. The van der Waals surface area contributed by atoms with Crippen molar-refractivity contribution in [3.63, 3.8) is 0 Å². The summed E-state index contributed by atoms with van der Waals surface area (Å²) in [6.07, 6.45) is 1.94. The number of aromatic nitrogens is 2. The molecule has 5 rings (SSSR count). The maximum absolute atomic E-state index is 14.8. The monoisotopic (exact) mass is 451 g/mol. The summed E-state index contributed by atoms with van der Waals surface area (Å²) in [5.41, 5.74) is 1.77. The van der Waals surface area contributed by atoms with Crippen LogP contribution in [0.2, 0.25) is 0 Å². The van der Waals surface area contributed by atoms with Gasteiger partial charge in [0.05, 0.1) is 12.7 Å². The Balaban J connectivity index is 1.50. The van der Waals surface area contributed by atoms with Crippen LogP contribution in [0, 0.1) is 5.82 Å². The van der Waals surface area contributed by atoms with Crippen molar-refractivity contribution < 1.29 is 22.5 Å². The van der Waals surface area contributed by atoms with Gasteiger partial charge >= 0.3 is 6.03 Å². The molecule has 0 bridgehead atoms. The Hall–Kier alpha value is -2.53. The van der Waals surface area contributed by atoms with Crippen molar-refractivity contribution in [2.45, 2.75) is 69.2 Å². The topological polar surface area (TPSA) is 112 Å². The number of nitrogens with zero attached hydrogens (tertiary/aromatic N) is 3. The number of carbonyl (C=O) groups is 1. The van der Waals surface area contributed by atoms with Gasteiger partial charge in [-0.1, -0.05) is 0 Å². The second-order valence-electron chi connectivity index (χ2n) is 8.89.